The van der Waals surface area contributed by atoms with E-state index in [1.54, 1.807) is 4.90 Å². The molecule has 1 heterocycles. The molecule has 1 aliphatic rings. The van der Waals surface area contributed by atoms with E-state index in [1.165, 1.54) is 24.3 Å². The Hall–Kier alpha value is -2.46. The third-order valence-electron chi connectivity index (χ3n) is 3.74. The van der Waals surface area contributed by atoms with Gasteiger partial charge in [-0.25, -0.2) is 4.39 Å². The number of carbonyl (C=O) groups excluding carboxylic acids is 2. The molecule has 0 saturated carbocycles. The minimum atomic E-state index is -0.341. The van der Waals surface area contributed by atoms with Crippen molar-refractivity contribution in [3.05, 3.63) is 30.1 Å². The Morgan fingerprint density at radius 2 is 1.83 bits per heavy atom. The molecular weight excluding hydrogens is 299 g/mol. The van der Waals surface area contributed by atoms with Gasteiger partial charge in [0.05, 0.1) is 6.07 Å². The summed E-state index contributed by atoms with van der Waals surface area (Å²) in [6.45, 7) is 3.16. The monoisotopic (exact) mass is 318 g/mol. The maximum Gasteiger partial charge on any atom is 0.236 e. The maximum absolute atomic E-state index is 12.8. The molecule has 23 heavy (non-hydrogen) atoms. The van der Waals surface area contributed by atoms with Crippen molar-refractivity contribution in [2.24, 2.45) is 0 Å². The quantitative estimate of drug-likeness (QED) is 0.885. The normalized spacial score (nSPS) is 15.0. The zero-order valence-electron chi connectivity index (χ0n) is 12.8. The summed E-state index contributed by atoms with van der Waals surface area (Å²) in [7, 11) is 0. The Labute approximate surface area is 134 Å². The van der Waals surface area contributed by atoms with E-state index in [0.29, 0.717) is 44.8 Å². The number of benzene rings is 1. The first-order valence-corrected chi connectivity index (χ1v) is 7.51. The number of hydrogen-bond donors (Lipinski definition) is 1. The van der Waals surface area contributed by atoms with E-state index < -0.39 is 0 Å². The molecule has 1 N–H and O–H groups in total. The number of hydrogen-bond acceptors (Lipinski definition) is 4. The van der Waals surface area contributed by atoms with Crippen LogP contribution in [-0.4, -0.2) is 54.3 Å². The van der Waals surface area contributed by atoms with E-state index in [0.717, 1.165) is 0 Å². The second-order valence-corrected chi connectivity index (χ2v) is 5.36. The number of piperazine rings is 1. The molecule has 122 valence electrons. The van der Waals surface area contributed by atoms with Crippen LogP contribution in [0.25, 0.3) is 0 Å². The van der Waals surface area contributed by atoms with E-state index >= 15 is 0 Å². The first-order valence-electron chi connectivity index (χ1n) is 7.51. The van der Waals surface area contributed by atoms with Gasteiger partial charge in [-0.2, -0.15) is 5.26 Å². The minimum absolute atomic E-state index is 0.0833. The molecule has 7 heteroatoms. The summed E-state index contributed by atoms with van der Waals surface area (Å²) in [6, 6.07) is 7.50. The summed E-state index contributed by atoms with van der Waals surface area (Å²) in [5.41, 5.74) is 0.573. The number of carbonyl (C=O) groups is 2. The van der Waals surface area contributed by atoms with Gasteiger partial charge >= 0.3 is 0 Å². The van der Waals surface area contributed by atoms with Gasteiger partial charge < -0.3 is 10.2 Å². The van der Waals surface area contributed by atoms with Gasteiger partial charge in [0.2, 0.25) is 11.8 Å². The van der Waals surface area contributed by atoms with Crippen molar-refractivity contribution >= 4 is 17.5 Å². The molecule has 0 aliphatic carbocycles. The minimum Gasteiger partial charge on any atom is -0.339 e. The van der Waals surface area contributed by atoms with Gasteiger partial charge in [0.1, 0.15) is 12.2 Å². The van der Waals surface area contributed by atoms with Gasteiger partial charge in [-0.1, -0.05) is 0 Å². The number of halogens is 1. The Balaban J connectivity index is 1.69. The molecule has 6 nitrogen and oxygen atoms in total. The summed E-state index contributed by atoms with van der Waals surface area (Å²) < 4.78 is 12.8. The lowest BCUT2D eigenvalue weighted by atomic mass is 10.2. The molecule has 1 aromatic carbocycles. The highest BCUT2D eigenvalue weighted by atomic mass is 19.1. The van der Waals surface area contributed by atoms with Gasteiger partial charge in [-0.15, -0.1) is 0 Å². The van der Waals surface area contributed by atoms with Crippen molar-refractivity contribution < 1.29 is 14.0 Å². The summed E-state index contributed by atoms with van der Waals surface area (Å²) in [4.78, 5) is 27.2. The van der Waals surface area contributed by atoms with Gasteiger partial charge in [0, 0.05) is 44.8 Å². The summed E-state index contributed by atoms with van der Waals surface area (Å²) in [6.07, 6.45) is 0.254. The maximum atomic E-state index is 12.8. The zero-order chi connectivity index (χ0) is 16.7. The number of nitriles is 1. The molecule has 0 atom stereocenters. The van der Waals surface area contributed by atoms with Gasteiger partial charge in [-0.3, -0.25) is 14.5 Å². The number of anilines is 1. The summed E-state index contributed by atoms with van der Waals surface area (Å²) >= 11 is 0. The van der Waals surface area contributed by atoms with Crippen molar-refractivity contribution in [1.29, 1.82) is 5.26 Å². The first kappa shape index (κ1) is 16.9. The van der Waals surface area contributed by atoms with Crippen LogP contribution in [-0.2, 0) is 9.59 Å². The Morgan fingerprint density at radius 3 is 2.43 bits per heavy atom. The highest BCUT2D eigenvalue weighted by Crippen LogP contribution is 2.09. The van der Waals surface area contributed by atoms with E-state index in [1.807, 2.05) is 6.07 Å². The Bertz CT molecular complexity index is 589. The molecule has 1 fully saturated rings. The van der Waals surface area contributed by atoms with Crippen LogP contribution in [0, 0.1) is 17.1 Å². The zero-order valence-corrected chi connectivity index (χ0v) is 12.8. The predicted molar refractivity (Wildman–Crippen MR) is 82.9 cm³/mol. The lowest BCUT2D eigenvalue weighted by Crippen LogP contribution is -2.49. The molecule has 0 bridgehead atoms. The van der Waals surface area contributed by atoms with Crippen LogP contribution in [0.15, 0.2) is 24.3 Å². The molecule has 0 aromatic heterocycles. The molecular formula is C16H19FN4O2. The number of nitrogens with zero attached hydrogens (tertiary/aromatic N) is 3. The highest BCUT2D eigenvalue weighted by molar-refractivity contribution is 5.90. The van der Waals surface area contributed by atoms with Crippen LogP contribution < -0.4 is 5.32 Å². The number of nitrogens with one attached hydrogen (secondary N) is 1. The molecule has 2 rings (SSSR count). The third kappa shape index (κ3) is 5.34. The first-order chi connectivity index (χ1) is 11.1. The average Bonchev–Trinajstić information content (AvgIpc) is 2.56. The van der Waals surface area contributed by atoms with Gasteiger partial charge in [-0.05, 0) is 24.3 Å². The van der Waals surface area contributed by atoms with Crippen molar-refractivity contribution in [3.63, 3.8) is 0 Å². The second kappa shape index (κ2) is 8.25. The second-order valence-electron chi connectivity index (χ2n) is 5.36. The van der Waals surface area contributed by atoms with E-state index in [4.69, 9.17) is 5.26 Å². The van der Waals surface area contributed by atoms with Gasteiger partial charge in [0.15, 0.2) is 0 Å². The Morgan fingerprint density at radius 1 is 1.17 bits per heavy atom. The average molecular weight is 318 g/mol. The fourth-order valence-corrected chi connectivity index (χ4v) is 2.42. The van der Waals surface area contributed by atoms with Crippen molar-refractivity contribution in [1.82, 2.24) is 9.80 Å². The van der Waals surface area contributed by atoms with Crippen LogP contribution >= 0.6 is 0 Å². The van der Waals surface area contributed by atoms with Crippen molar-refractivity contribution in [2.45, 2.75) is 12.8 Å². The molecule has 0 unspecified atom stereocenters. The van der Waals surface area contributed by atoms with Gasteiger partial charge in [0.25, 0.3) is 0 Å². The molecule has 0 radical (unpaired) electrons. The molecule has 1 aromatic rings. The number of amides is 2. The fourth-order valence-electron chi connectivity index (χ4n) is 2.42. The topological polar surface area (TPSA) is 76.4 Å². The van der Waals surface area contributed by atoms with E-state index in [2.05, 4.69) is 10.2 Å². The molecule has 1 saturated heterocycles. The largest absolute Gasteiger partial charge is 0.339 e. The molecule has 1 aliphatic heterocycles. The number of rotatable bonds is 5. The molecule has 2 amide bonds. The van der Waals surface area contributed by atoms with Crippen LogP contribution in [0.5, 0.6) is 0 Å². The smallest absolute Gasteiger partial charge is 0.236 e. The standard InChI is InChI=1S/C16H19FN4O2/c17-13-1-3-14(4-2-13)19-15(22)6-8-20-9-11-21(12-10-20)16(23)5-7-18/h1-4H,5-6,8-12H2,(H,19,22). The van der Waals surface area contributed by atoms with Crippen LogP contribution in [0.1, 0.15) is 12.8 Å². The lowest BCUT2D eigenvalue weighted by molar-refractivity contribution is -0.132. The Kier molecular flexibility index (Phi) is 6.06. The highest BCUT2D eigenvalue weighted by Gasteiger charge is 2.20. The fraction of sp³-hybridized carbons (Fsp3) is 0.438. The predicted octanol–water partition coefficient (Wildman–Crippen LogP) is 1.21. The summed E-state index contributed by atoms with van der Waals surface area (Å²) in [5.74, 6) is -0.604. The van der Waals surface area contributed by atoms with Crippen LogP contribution in [0.3, 0.4) is 0 Å². The molecule has 0 spiro atoms. The van der Waals surface area contributed by atoms with Crippen molar-refractivity contribution in [3.8, 4) is 6.07 Å². The summed E-state index contributed by atoms with van der Waals surface area (Å²) in [5, 5.41) is 11.2. The van der Waals surface area contributed by atoms with Crippen LogP contribution in [0.2, 0.25) is 0 Å². The SMILES string of the molecule is N#CCC(=O)N1CCN(CCC(=O)Nc2ccc(F)cc2)CC1. The lowest BCUT2D eigenvalue weighted by Gasteiger charge is -2.34. The van der Waals surface area contributed by atoms with E-state index in [9.17, 15) is 14.0 Å². The van der Waals surface area contributed by atoms with E-state index in [-0.39, 0.29) is 24.1 Å². The third-order valence-corrected chi connectivity index (χ3v) is 3.74. The van der Waals surface area contributed by atoms with Crippen LogP contribution in [0.4, 0.5) is 10.1 Å². The van der Waals surface area contributed by atoms with Crippen molar-refractivity contribution in [2.75, 3.05) is 38.0 Å².